The molecule has 0 bridgehead atoms. The van der Waals surface area contributed by atoms with Crippen LogP contribution < -0.4 is 11.1 Å². The number of hydrogen-bond donors (Lipinski definition) is 2. The first kappa shape index (κ1) is 14.1. The van der Waals surface area contributed by atoms with E-state index < -0.39 is 0 Å². The molecule has 0 aliphatic heterocycles. The minimum absolute atomic E-state index is 0.0182. The second-order valence-corrected chi connectivity index (χ2v) is 4.77. The van der Waals surface area contributed by atoms with Gasteiger partial charge < -0.3 is 15.5 Å². The lowest BCUT2D eigenvalue weighted by Crippen LogP contribution is -2.23. The maximum Gasteiger partial charge on any atom is 0.220 e. The molecule has 106 valence electrons. The van der Waals surface area contributed by atoms with Crippen molar-refractivity contribution < 1.29 is 9.21 Å². The number of nitrogen functional groups attached to an aromatic ring is 1. The van der Waals surface area contributed by atoms with E-state index in [9.17, 15) is 4.79 Å². The molecule has 3 N–H and O–H groups in total. The molecule has 5 nitrogen and oxygen atoms in total. The van der Waals surface area contributed by atoms with Crippen LogP contribution >= 0.6 is 0 Å². The van der Waals surface area contributed by atoms with Crippen molar-refractivity contribution in [3.8, 4) is 0 Å². The first-order valence-corrected chi connectivity index (χ1v) is 6.58. The third-order valence-corrected chi connectivity index (χ3v) is 3.13. The molecule has 2 rings (SSSR count). The third-order valence-electron chi connectivity index (χ3n) is 3.13. The van der Waals surface area contributed by atoms with Crippen LogP contribution in [0.5, 0.6) is 0 Å². The van der Waals surface area contributed by atoms with Gasteiger partial charge in [0.05, 0.1) is 12.2 Å². The van der Waals surface area contributed by atoms with Gasteiger partial charge in [-0.05, 0) is 38.0 Å². The number of nitrogens with one attached hydrogen (secondary N) is 1. The molecule has 1 aromatic carbocycles. The van der Waals surface area contributed by atoms with Gasteiger partial charge in [-0.1, -0.05) is 12.1 Å². The van der Waals surface area contributed by atoms with Gasteiger partial charge in [-0.2, -0.15) is 0 Å². The topological polar surface area (TPSA) is 81.2 Å². The van der Waals surface area contributed by atoms with Gasteiger partial charge in [0.2, 0.25) is 11.8 Å². The Hall–Kier alpha value is -2.30. The van der Waals surface area contributed by atoms with Gasteiger partial charge in [0.1, 0.15) is 5.76 Å². The average molecular weight is 273 g/mol. The van der Waals surface area contributed by atoms with E-state index in [1.807, 2.05) is 38.1 Å². The number of rotatable bonds is 5. The van der Waals surface area contributed by atoms with Gasteiger partial charge in [0.25, 0.3) is 0 Å². The number of carbonyl (C=O) groups is 1. The standard InChI is InChI=1S/C15H19N3O2/c1-10-11(2)20-15(18-10)9-17-14(19)8-5-12-3-6-13(16)7-4-12/h3-4,6-7H,5,8-9,16H2,1-2H3,(H,17,19). The van der Waals surface area contributed by atoms with Gasteiger partial charge in [-0.3, -0.25) is 4.79 Å². The van der Waals surface area contributed by atoms with Gasteiger partial charge in [0, 0.05) is 12.1 Å². The molecular formula is C15H19N3O2. The number of nitrogens with two attached hydrogens (primary N) is 1. The second-order valence-electron chi connectivity index (χ2n) is 4.77. The van der Waals surface area contributed by atoms with Crippen LogP contribution in [0.3, 0.4) is 0 Å². The van der Waals surface area contributed by atoms with Crippen molar-refractivity contribution in [3.63, 3.8) is 0 Å². The smallest absolute Gasteiger partial charge is 0.220 e. The first-order valence-electron chi connectivity index (χ1n) is 6.58. The number of aromatic nitrogens is 1. The summed E-state index contributed by atoms with van der Waals surface area (Å²) in [6, 6.07) is 7.55. The lowest BCUT2D eigenvalue weighted by atomic mass is 10.1. The van der Waals surface area contributed by atoms with Crippen molar-refractivity contribution in [2.75, 3.05) is 5.73 Å². The molecule has 0 aliphatic carbocycles. The van der Waals surface area contributed by atoms with Crippen molar-refractivity contribution in [3.05, 3.63) is 47.2 Å². The van der Waals surface area contributed by atoms with Crippen molar-refractivity contribution >= 4 is 11.6 Å². The number of hydrogen-bond acceptors (Lipinski definition) is 4. The molecule has 1 heterocycles. The summed E-state index contributed by atoms with van der Waals surface area (Å²) < 4.78 is 5.40. The molecular weight excluding hydrogens is 254 g/mol. The highest BCUT2D eigenvalue weighted by atomic mass is 16.4. The van der Waals surface area contributed by atoms with Crippen LogP contribution in [-0.4, -0.2) is 10.9 Å². The van der Waals surface area contributed by atoms with Gasteiger partial charge in [-0.15, -0.1) is 0 Å². The van der Waals surface area contributed by atoms with Gasteiger partial charge in [-0.25, -0.2) is 4.98 Å². The number of anilines is 1. The zero-order chi connectivity index (χ0) is 14.5. The maximum absolute atomic E-state index is 11.7. The summed E-state index contributed by atoms with van der Waals surface area (Å²) in [7, 11) is 0. The molecule has 0 spiro atoms. The summed E-state index contributed by atoms with van der Waals surface area (Å²) in [6.07, 6.45) is 1.12. The molecule has 2 aromatic rings. The summed E-state index contributed by atoms with van der Waals surface area (Å²) in [4.78, 5) is 16.0. The Morgan fingerprint density at radius 1 is 1.30 bits per heavy atom. The van der Waals surface area contributed by atoms with Crippen molar-refractivity contribution in [2.24, 2.45) is 0 Å². The Kier molecular flexibility index (Phi) is 4.40. The van der Waals surface area contributed by atoms with Crippen LogP contribution in [-0.2, 0) is 17.8 Å². The monoisotopic (exact) mass is 273 g/mol. The van der Waals surface area contributed by atoms with E-state index in [0.717, 1.165) is 22.7 Å². The number of oxazole rings is 1. The summed E-state index contributed by atoms with van der Waals surface area (Å²) in [5, 5.41) is 2.80. The van der Waals surface area contributed by atoms with E-state index in [1.165, 1.54) is 0 Å². The van der Waals surface area contributed by atoms with E-state index in [-0.39, 0.29) is 5.91 Å². The number of amides is 1. The molecule has 0 saturated heterocycles. The fourth-order valence-corrected chi connectivity index (χ4v) is 1.82. The number of nitrogens with zero attached hydrogens (tertiary/aromatic N) is 1. The van der Waals surface area contributed by atoms with E-state index >= 15 is 0 Å². The van der Waals surface area contributed by atoms with E-state index in [1.54, 1.807) is 0 Å². The van der Waals surface area contributed by atoms with Gasteiger partial charge in [0.15, 0.2) is 0 Å². The largest absolute Gasteiger partial charge is 0.444 e. The molecule has 0 fully saturated rings. The Morgan fingerprint density at radius 2 is 2.00 bits per heavy atom. The predicted molar refractivity (Wildman–Crippen MR) is 77.0 cm³/mol. The highest BCUT2D eigenvalue weighted by Crippen LogP contribution is 2.09. The molecule has 0 atom stereocenters. The molecule has 1 amide bonds. The van der Waals surface area contributed by atoms with Crippen molar-refractivity contribution in [1.82, 2.24) is 10.3 Å². The van der Waals surface area contributed by atoms with E-state index in [4.69, 9.17) is 10.2 Å². The summed E-state index contributed by atoms with van der Waals surface area (Å²) in [6.45, 7) is 4.06. The van der Waals surface area contributed by atoms with Crippen LogP contribution in [0.25, 0.3) is 0 Å². The fourth-order valence-electron chi connectivity index (χ4n) is 1.82. The molecule has 0 saturated carbocycles. The normalized spacial score (nSPS) is 10.5. The Morgan fingerprint density at radius 3 is 2.60 bits per heavy atom. The highest BCUT2D eigenvalue weighted by Gasteiger charge is 2.07. The van der Waals surface area contributed by atoms with Gasteiger partial charge >= 0.3 is 0 Å². The average Bonchev–Trinajstić information content (AvgIpc) is 2.75. The number of carbonyl (C=O) groups excluding carboxylic acids is 1. The lowest BCUT2D eigenvalue weighted by Gasteiger charge is -2.03. The van der Waals surface area contributed by atoms with Crippen LogP contribution in [0.15, 0.2) is 28.7 Å². The fraction of sp³-hybridized carbons (Fsp3) is 0.333. The molecule has 20 heavy (non-hydrogen) atoms. The molecule has 0 radical (unpaired) electrons. The second kappa shape index (κ2) is 6.23. The lowest BCUT2D eigenvalue weighted by molar-refractivity contribution is -0.121. The zero-order valence-corrected chi connectivity index (χ0v) is 11.8. The van der Waals surface area contributed by atoms with Crippen LogP contribution in [0, 0.1) is 13.8 Å². The number of benzene rings is 1. The van der Waals surface area contributed by atoms with Crippen molar-refractivity contribution in [1.29, 1.82) is 0 Å². The van der Waals surface area contributed by atoms with Crippen LogP contribution in [0.2, 0.25) is 0 Å². The molecule has 0 unspecified atom stereocenters. The molecule has 0 aliphatic rings. The predicted octanol–water partition coefficient (Wildman–Crippen LogP) is 2.12. The summed E-state index contributed by atoms with van der Waals surface area (Å²) >= 11 is 0. The van der Waals surface area contributed by atoms with Crippen LogP contribution in [0.4, 0.5) is 5.69 Å². The Labute approximate surface area is 118 Å². The summed E-state index contributed by atoms with van der Waals surface area (Å²) in [5.74, 6) is 1.31. The minimum Gasteiger partial charge on any atom is -0.444 e. The highest BCUT2D eigenvalue weighted by molar-refractivity contribution is 5.76. The maximum atomic E-state index is 11.7. The molecule has 5 heteroatoms. The quantitative estimate of drug-likeness (QED) is 0.818. The Bertz CT molecular complexity index is 568. The first-order chi connectivity index (χ1) is 9.54. The zero-order valence-electron chi connectivity index (χ0n) is 11.8. The molecule has 1 aromatic heterocycles. The third kappa shape index (κ3) is 3.85. The SMILES string of the molecule is Cc1nc(CNC(=O)CCc2ccc(N)cc2)oc1C. The Balaban J connectivity index is 1.76. The summed E-state index contributed by atoms with van der Waals surface area (Å²) in [5.41, 5.74) is 8.29. The van der Waals surface area contributed by atoms with E-state index in [2.05, 4.69) is 10.3 Å². The minimum atomic E-state index is -0.0182. The van der Waals surface area contributed by atoms with Crippen molar-refractivity contribution in [2.45, 2.75) is 33.2 Å². The van der Waals surface area contributed by atoms with Crippen LogP contribution in [0.1, 0.15) is 29.3 Å². The van der Waals surface area contributed by atoms with E-state index in [0.29, 0.717) is 25.3 Å². The number of aryl methyl sites for hydroxylation is 3.